The van der Waals surface area contributed by atoms with E-state index in [2.05, 4.69) is 12.0 Å². The number of amides is 2. The summed E-state index contributed by atoms with van der Waals surface area (Å²) in [5, 5.41) is 10.6. The van der Waals surface area contributed by atoms with Gasteiger partial charge in [-0.15, -0.1) is 0 Å². The fourth-order valence-corrected chi connectivity index (χ4v) is 5.71. The Balaban J connectivity index is 1.66. The van der Waals surface area contributed by atoms with Crippen molar-refractivity contribution in [1.29, 1.82) is 0 Å². The summed E-state index contributed by atoms with van der Waals surface area (Å²) in [6.07, 6.45) is 4.02. The van der Waals surface area contributed by atoms with Crippen LogP contribution < -0.4 is 10.2 Å². The van der Waals surface area contributed by atoms with Gasteiger partial charge in [-0.2, -0.15) is 5.01 Å². The molecule has 0 spiro atoms. The number of fused-ring (bicyclic) bond motifs is 1. The number of hydrazine groups is 1. The molecule has 0 saturated carbocycles. The molecule has 1 aliphatic carbocycles. The van der Waals surface area contributed by atoms with Crippen molar-refractivity contribution in [1.82, 2.24) is 5.01 Å². The van der Waals surface area contributed by atoms with Crippen LogP contribution in [-0.4, -0.2) is 35.1 Å². The Bertz CT molecular complexity index is 1390. The molecule has 1 heterocycles. The van der Waals surface area contributed by atoms with E-state index in [-0.39, 0.29) is 19.1 Å². The van der Waals surface area contributed by atoms with Crippen LogP contribution in [-0.2, 0) is 15.0 Å². The summed E-state index contributed by atoms with van der Waals surface area (Å²) in [4.78, 5) is 28.4. The first-order valence-corrected chi connectivity index (χ1v) is 12.6. The van der Waals surface area contributed by atoms with E-state index in [1.54, 1.807) is 42.5 Å². The average molecular weight is 533 g/mol. The lowest BCUT2D eigenvalue weighted by Crippen LogP contribution is -2.48. The lowest BCUT2D eigenvalue weighted by Gasteiger charge is -2.43. The Morgan fingerprint density at radius 3 is 2.39 bits per heavy atom. The van der Waals surface area contributed by atoms with Gasteiger partial charge in [-0.05, 0) is 71.7 Å². The van der Waals surface area contributed by atoms with Crippen LogP contribution in [0.25, 0.3) is 0 Å². The van der Waals surface area contributed by atoms with E-state index in [9.17, 15) is 14.0 Å². The number of imide groups is 1. The number of carbonyl (C=O) groups excluding carboxylic acids is 2. The zero-order valence-electron chi connectivity index (χ0n) is 20.4. The number of hydrogen-bond donors (Lipinski definition) is 2. The molecular formula is C30H26ClFN2O4. The molecule has 3 aromatic rings. The Morgan fingerprint density at radius 2 is 1.76 bits per heavy atom. The number of allylic oxidation sites excluding steroid dienone is 3. The van der Waals surface area contributed by atoms with Crippen LogP contribution in [0.15, 0.2) is 97.1 Å². The van der Waals surface area contributed by atoms with Gasteiger partial charge in [0, 0.05) is 10.9 Å². The maximum absolute atomic E-state index is 14.5. The number of rotatable bonds is 8. The summed E-state index contributed by atoms with van der Waals surface area (Å²) in [6, 6.07) is 19.8. The maximum atomic E-state index is 14.5. The highest BCUT2D eigenvalue weighted by atomic mass is 35.5. The minimum atomic E-state index is -1.29. The fraction of sp³-hybridized carbons (Fsp3) is 0.200. The van der Waals surface area contributed by atoms with Gasteiger partial charge >= 0.3 is 0 Å². The molecule has 1 saturated heterocycles. The van der Waals surface area contributed by atoms with E-state index in [1.807, 2.05) is 18.2 Å². The summed E-state index contributed by atoms with van der Waals surface area (Å²) < 4.78 is 19.0. The molecule has 0 aromatic heterocycles. The van der Waals surface area contributed by atoms with E-state index in [0.717, 1.165) is 16.1 Å². The second-order valence-electron chi connectivity index (χ2n) is 9.24. The summed E-state index contributed by atoms with van der Waals surface area (Å²) in [5.74, 6) is -1.88. The molecule has 5 rings (SSSR count). The molecule has 1 aliphatic heterocycles. The first-order chi connectivity index (χ1) is 18.4. The standard InChI is InChI=1S/C30H26ClFN2O4/c1-2-19-5-16-26-28(36)34(33-24-12-10-23(32)11-13-24)29(37)30(26,21-6-8-22(31)9-7-21)27(19)20-3-14-25(15-4-20)38-18-17-35/h2-15,26-27,33,35H,1,16-18H2. The highest BCUT2D eigenvalue weighted by Gasteiger charge is 2.65. The number of halogens is 2. The number of nitrogens with zero attached hydrogens (tertiary/aromatic N) is 1. The van der Waals surface area contributed by atoms with Crippen LogP contribution in [0.4, 0.5) is 10.1 Å². The number of anilines is 1. The number of nitrogens with one attached hydrogen (secondary N) is 1. The summed E-state index contributed by atoms with van der Waals surface area (Å²) >= 11 is 6.21. The van der Waals surface area contributed by atoms with E-state index in [0.29, 0.717) is 28.4 Å². The third-order valence-corrected chi connectivity index (χ3v) is 7.47. The van der Waals surface area contributed by atoms with Crippen LogP contribution >= 0.6 is 11.6 Å². The number of ether oxygens (including phenoxy) is 1. The smallest absolute Gasteiger partial charge is 0.260 e. The molecule has 2 N–H and O–H groups in total. The second kappa shape index (κ2) is 10.4. The van der Waals surface area contributed by atoms with Crippen molar-refractivity contribution in [2.24, 2.45) is 5.92 Å². The van der Waals surface area contributed by atoms with Crippen LogP contribution in [0.3, 0.4) is 0 Å². The molecule has 8 heteroatoms. The number of carbonyl (C=O) groups is 2. The van der Waals surface area contributed by atoms with Crippen molar-refractivity contribution in [3.05, 3.63) is 119 Å². The molecule has 3 atom stereocenters. The van der Waals surface area contributed by atoms with Crippen LogP contribution in [0.5, 0.6) is 5.75 Å². The molecular weight excluding hydrogens is 507 g/mol. The van der Waals surface area contributed by atoms with Gasteiger partial charge < -0.3 is 9.84 Å². The Kier molecular flexibility index (Phi) is 7.06. The van der Waals surface area contributed by atoms with Crippen molar-refractivity contribution in [3.63, 3.8) is 0 Å². The van der Waals surface area contributed by atoms with E-state index in [4.69, 9.17) is 21.4 Å². The summed E-state index contributed by atoms with van der Waals surface area (Å²) in [7, 11) is 0. The van der Waals surface area contributed by atoms with Gasteiger partial charge in [0.25, 0.3) is 11.8 Å². The second-order valence-corrected chi connectivity index (χ2v) is 9.68. The monoisotopic (exact) mass is 532 g/mol. The third kappa shape index (κ3) is 4.27. The molecule has 3 unspecified atom stereocenters. The van der Waals surface area contributed by atoms with Gasteiger partial charge in [-0.3, -0.25) is 15.0 Å². The van der Waals surface area contributed by atoms with Gasteiger partial charge in [-0.25, -0.2) is 4.39 Å². The zero-order chi connectivity index (χ0) is 26.9. The van der Waals surface area contributed by atoms with Gasteiger partial charge in [0.1, 0.15) is 18.2 Å². The minimum absolute atomic E-state index is 0.109. The topological polar surface area (TPSA) is 78.9 Å². The van der Waals surface area contributed by atoms with Gasteiger partial charge in [0.2, 0.25) is 0 Å². The van der Waals surface area contributed by atoms with Crippen LogP contribution in [0.1, 0.15) is 23.5 Å². The highest BCUT2D eigenvalue weighted by molar-refractivity contribution is 6.30. The van der Waals surface area contributed by atoms with Crippen molar-refractivity contribution < 1.29 is 23.8 Å². The molecule has 2 amide bonds. The van der Waals surface area contributed by atoms with E-state index >= 15 is 0 Å². The number of aliphatic hydroxyl groups is 1. The van der Waals surface area contributed by atoms with Crippen molar-refractivity contribution in [2.45, 2.75) is 17.8 Å². The van der Waals surface area contributed by atoms with Gasteiger partial charge in [-0.1, -0.05) is 54.6 Å². The molecule has 6 nitrogen and oxygen atoms in total. The molecule has 2 aliphatic rings. The molecule has 0 bridgehead atoms. The van der Waals surface area contributed by atoms with Crippen LogP contribution in [0.2, 0.25) is 5.02 Å². The zero-order valence-corrected chi connectivity index (χ0v) is 21.2. The largest absolute Gasteiger partial charge is 0.491 e. The van der Waals surface area contributed by atoms with Crippen molar-refractivity contribution in [3.8, 4) is 5.75 Å². The van der Waals surface area contributed by atoms with E-state index in [1.165, 1.54) is 24.3 Å². The number of benzene rings is 3. The highest BCUT2D eigenvalue weighted by Crippen LogP contribution is 2.57. The molecule has 1 fully saturated rings. The third-order valence-electron chi connectivity index (χ3n) is 7.22. The minimum Gasteiger partial charge on any atom is -0.491 e. The number of aliphatic hydroxyl groups excluding tert-OH is 1. The first-order valence-electron chi connectivity index (χ1n) is 12.2. The summed E-state index contributed by atoms with van der Waals surface area (Å²) in [6.45, 7) is 4.06. The lowest BCUT2D eigenvalue weighted by atomic mass is 9.56. The molecule has 0 radical (unpaired) electrons. The Labute approximate surface area is 225 Å². The van der Waals surface area contributed by atoms with E-state index < -0.39 is 29.0 Å². The van der Waals surface area contributed by atoms with Gasteiger partial charge in [0.05, 0.1) is 23.6 Å². The molecule has 194 valence electrons. The van der Waals surface area contributed by atoms with Crippen LogP contribution in [0, 0.1) is 11.7 Å². The number of hydrogen-bond acceptors (Lipinski definition) is 5. The van der Waals surface area contributed by atoms with Crippen molar-refractivity contribution >= 4 is 29.1 Å². The SMILES string of the molecule is C=CC1=CCC2C(=O)N(Nc3ccc(F)cc3)C(=O)C2(c2ccc(Cl)cc2)C1c1ccc(OCCO)cc1. The normalized spacial score (nSPS) is 22.6. The predicted octanol–water partition coefficient (Wildman–Crippen LogP) is 5.40. The first kappa shape index (κ1) is 25.7. The lowest BCUT2D eigenvalue weighted by molar-refractivity contribution is -0.138. The van der Waals surface area contributed by atoms with Gasteiger partial charge in [0.15, 0.2) is 0 Å². The fourth-order valence-electron chi connectivity index (χ4n) is 5.58. The van der Waals surface area contributed by atoms with Crippen molar-refractivity contribution in [2.75, 3.05) is 18.6 Å². The molecule has 38 heavy (non-hydrogen) atoms. The Hall–Kier alpha value is -3.94. The quantitative estimate of drug-likeness (QED) is 0.380. The average Bonchev–Trinajstić information content (AvgIpc) is 3.15. The summed E-state index contributed by atoms with van der Waals surface area (Å²) in [5.41, 5.74) is 4.32. The predicted molar refractivity (Wildman–Crippen MR) is 143 cm³/mol. The maximum Gasteiger partial charge on any atom is 0.260 e. The molecule has 3 aromatic carbocycles. The Morgan fingerprint density at radius 1 is 1.08 bits per heavy atom.